The van der Waals surface area contributed by atoms with Crippen molar-refractivity contribution in [3.05, 3.63) is 89.2 Å². The number of rotatable bonds is 7. The van der Waals surface area contributed by atoms with Crippen LogP contribution < -0.4 is 14.8 Å². The lowest BCUT2D eigenvalue weighted by molar-refractivity contribution is -0.124. The first-order valence-corrected chi connectivity index (χ1v) is 10.8. The Morgan fingerprint density at radius 2 is 1.76 bits per heavy atom. The van der Waals surface area contributed by atoms with Gasteiger partial charge in [0.25, 0.3) is 5.91 Å². The van der Waals surface area contributed by atoms with Gasteiger partial charge in [0.15, 0.2) is 11.5 Å². The fourth-order valence-electron chi connectivity index (χ4n) is 4.40. The van der Waals surface area contributed by atoms with E-state index in [-0.39, 0.29) is 11.8 Å². The van der Waals surface area contributed by atoms with E-state index in [0.717, 1.165) is 16.7 Å². The zero-order valence-electron chi connectivity index (χ0n) is 18.9. The molecule has 33 heavy (non-hydrogen) atoms. The van der Waals surface area contributed by atoms with Gasteiger partial charge in [0.1, 0.15) is 0 Å². The van der Waals surface area contributed by atoms with Crippen LogP contribution >= 0.6 is 0 Å². The first-order valence-electron chi connectivity index (χ1n) is 10.8. The van der Waals surface area contributed by atoms with Crippen LogP contribution in [0.5, 0.6) is 11.5 Å². The number of likely N-dealkylation sites (N-methyl/N-ethyl adjacent to an activating group) is 1. The highest BCUT2D eigenvalue weighted by Crippen LogP contribution is 2.43. The molecule has 1 aromatic heterocycles. The quantitative estimate of drug-likeness (QED) is 0.603. The van der Waals surface area contributed by atoms with Gasteiger partial charge in [0.2, 0.25) is 5.91 Å². The molecule has 1 N–H and O–H groups in total. The van der Waals surface area contributed by atoms with Gasteiger partial charge in [0.05, 0.1) is 26.2 Å². The number of nitrogens with zero attached hydrogens (tertiary/aromatic N) is 2. The number of ether oxygens (including phenoxy) is 2. The Kier molecular flexibility index (Phi) is 6.58. The van der Waals surface area contributed by atoms with Gasteiger partial charge in [-0.05, 0) is 53.4 Å². The van der Waals surface area contributed by atoms with Crippen molar-refractivity contribution in [2.75, 3.05) is 27.8 Å². The molecule has 2 amide bonds. The van der Waals surface area contributed by atoms with Crippen molar-refractivity contribution in [3.63, 3.8) is 0 Å². The van der Waals surface area contributed by atoms with Gasteiger partial charge in [-0.15, -0.1) is 0 Å². The number of amides is 2. The van der Waals surface area contributed by atoms with Crippen molar-refractivity contribution in [1.29, 1.82) is 0 Å². The first-order chi connectivity index (χ1) is 16.0. The maximum Gasteiger partial charge on any atom is 0.254 e. The standard InChI is InChI=1S/C26H27N3O4/c1-29-24(18-8-9-21(32-2)22(16-18)33-3)23(19-6-4-5-7-20(19)26(29)31)25(30)28-15-12-17-10-13-27-14-11-17/h4-11,13-14,16,23-24H,12,15H2,1-3H3,(H,28,30)/t23-,24-/m0/s1. The summed E-state index contributed by atoms with van der Waals surface area (Å²) in [5.74, 6) is 0.317. The number of hydrogen-bond acceptors (Lipinski definition) is 5. The third-order valence-corrected chi connectivity index (χ3v) is 6.07. The summed E-state index contributed by atoms with van der Waals surface area (Å²) in [6, 6.07) is 16.2. The number of nitrogens with one attached hydrogen (secondary N) is 1. The zero-order chi connectivity index (χ0) is 23.4. The van der Waals surface area contributed by atoms with Crippen molar-refractivity contribution in [3.8, 4) is 11.5 Å². The van der Waals surface area contributed by atoms with Crippen LogP contribution in [0.25, 0.3) is 0 Å². The molecule has 0 aliphatic carbocycles. The summed E-state index contributed by atoms with van der Waals surface area (Å²) in [5, 5.41) is 3.07. The summed E-state index contributed by atoms with van der Waals surface area (Å²) < 4.78 is 10.8. The predicted octanol–water partition coefficient (Wildman–Crippen LogP) is 3.37. The fourth-order valence-corrected chi connectivity index (χ4v) is 4.40. The van der Waals surface area contributed by atoms with Crippen molar-refractivity contribution in [2.24, 2.45) is 0 Å². The molecule has 3 aromatic rings. The minimum atomic E-state index is -0.570. The Morgan fingerprint density at radius 3 is 2.48 bits per heavy atom. The number of carbonyl (C=O) groups excluding carboxylic acids is 2. The summed E-state index contributed by atoms with van der Waals surface area (Å²) in [7, 11) is 4.87. The van der Waals surface area contributed by atoms with Gasteiger partial charge < -0.3 is 19.7 Å². The number of hydrogen-bond donors (Lipinski definition) is 1. The van der Waals surface area contributed by atoms with Crippen LogP contribution in [0.2, 0.25) is 0 Å². The van der Waals surface area contributed by atoms with E-state index in [1.807, 2.05) is 42.5 Å². The van der Waals surface area contributed by atoms with E-state index in [9.17, 15) is 9.59 Å². The van der Waals surface area contributed by atoms with Gasteiger partial charge in [-0.25, -0.2) is 0 Å². The lowest BCUT2D eigenvalue weighted by atomic mass is 9.79. The molecule has 7 nitrogen and oxygen atoms in total. The van der Waals surface area contributed by atoms with Crippen LogP contribution in [0.1, 0.15) is 39.0 Å². The monoisotopic (exact) mass is 445 g/mol. The van der Waals surface area contributed by atoms with Crippen LogP contribution in [0.3, 0.4) is 0 Å². The molecule has 1 aliphatic rings. The highest BCUT2D eigenvalue weighted by molar-refractivity contribution is 6.01. The second-order valence-electron chi connectivity index (χ2n) is 7.94. The predicted molar refractivity (Wildman–Crippen MR) is 125 cm³/mol. The number of fused-ring (bicyclic) bond motifs is 1. The molecule has 4 rings (SSSR count). The van der Waals surface area contributed by atoms with Crippen molar-refractivity contribution in [1.82, 2.24) is 15.2 Å². The fraction of sp³-hybridized carbons (Fsp3) is 0.269. The second-order valence-corrected chi connectivity index (χ2v) is 7.94. The van der Waals surface area contributed by atoms with Crippen molar-refractivity contribution in [2.45, 2.75) is 18.4 Å². The normalized spacial score (nSPS) is 17.3. The third kappa shape index (κ3) is 4.39. The highest BCUT2D eigenvalue weighted by Gasteiger charge is 2.42. The van der Waals surface area contributed by atoms with Crippen LogP contribution in [0.15, 0.2) is 67.0 Å². The van der Waals surface area contributed by atoms with E-state index in [1.165, 1.54) is 0 Å². The van der Waals surface area contributed by atoms with Crippen molar-refractivity contribution >= 4 is 11.8 Å². The highest BCUT2D eigenvalue weighted by atomic mass is 16.5. The molecule has 0 bridgehead atoms. The van der Waals surface area contributed by atoms with E-state index in [4.69, 9.17) is 9.47 Å². The molecular weight excluding hydrogens is 418 g/mol. The minimum absolute atomic E-state index is 0.119. The van der Waals surface area contributed by atoms with Gasteiger partial charge in [-0.2, -0.15) is 0 Å². The molecule has 1 aliphatic heterocycles. The minimum Gasteiger partial charge on any atom is -0.493 e. The Bertz CT molecular complexity index is 1150. The molecule has 2 heterocycles. The van der Waals surface area contributed by atoms with Crippen LogP contribution in [-0.4, -0.2) is 49.5 Å². The van der Waals surface area contributed by atoms with Gasteiger partial charge in [0, 0.05) is 31.5 Å². The lowest BCUT2D eigenvalue weighted by Crippen LogP contribution is -2.46. The molecule has 0 saturated heterocycles. The van der Waals surface area contributed by atoms with E-state index in [0.29, 0.717) is 30.0 Å². The lowest BCUT2D eigenvalue weighted by Gasteiger charge is -2.40. The molecule has 0 radical (unpaired) electrons. The van der Waals surface area contributed by atoms with Crippen molar-refractivity contribution < 1.29 is 19.1 Å². The summed E-state index contributed by atoms with van der Waals surface area (Å²) in [5.41, 5.74) is 3.16. The van der Waals surface area contributed by atoms with Gasteiger partial charge in [-0.1, -0.05) is 24.3 Å². The zero-order valence-corrected chi connectivity index (χ0v) is 18.9. The van der Waals surface area contributed by atoms with Crippen LogP contribution in [-0.2, 0) is 11.2 Å². The second kappa shape index (κ2) is 9.73. The number of carbonyl (C=O) groups is 2. The maximum absolute atomic E-state index is 13.5. The Hall–Kier alpha value is -3.87. The summed E-state index contributed by atoms with van der Waals surface area (Å²) in [4.78, 5) is 32.4. The molecule has 0 fully saturated rings. The number of aromatic nitrogens is 1. The summed E-state index contributed by atoms with van der Waals surface area (Å²) >= 11 is 0. The molecule has 2 aromatic carbocycles. The number of benzene rings is 2. The molecule has 2 atom stereocenters. The Labute approximate surface area is 193 Å². The Morgan fingerprint density at radius 1 is 1.03 bits per heavy atom. The smallest absolute Gasteiger partial charge is 0.254 e. The molecule has 170 valence electrons. The molecular formula is C26H27N3O4. The van der Waals surface area contributed by atoms with E-state index >= 15 is 0 Å². The molecule has 0 saturated carbocycles. The third-order valence-electron chi connectivity index (χ3n) is 6.07. The van der Waals surface area contributed by atoms with Crippen LogP contribution in [0, 0.1) is 0 Å². The largest absolute Gasteiger partial charge is 0.493 e. The van der Waals surface area contributed by atoms with Crippen LogP contribution in [0.4, 0.5) is 0 Å². The summed E-state index contributed by atoms with van der Waals surface area (Å²) in [6.07, 6.45) is 4.17. The first kappa shape index (κ1) is 22.3. The molecule has 0 unspecified atom stereocenters. The summed E-state index contributed by atoms with van der Waals surface area (Å²) in [6.45, 7) is 0.484. The maximum atomic E-state index is 13.5. The van der Waals surface area contributed by atoms with Gasteiger partial charge in [-0.3, -0.25) is 14.6 Å². The average Bonchev–Trinajstić information content (AvgIpc) is 2.86. The molecule has 7 heteroatoms. The SMILES string of the molecule is COc1ccc([C@H]2[C@@H](C(=O)NCCc3ccncc3)c3ccccc3C(=O)N2C)cc1OC. The number of pyridine rings is 1. The van der Waals surface area contributed by atoms with E-state index in [2.05, 4.69) is 10.3 Å². The van der Waals surface area contributed by atoms with E-state index in [1.54, 1.807) is 50.7 Å². The topological polar surface area (TPSA) is 80.8 Å². The number of methoxy groups -OCH3 is 2. The van der Waals surface area contributed by atoms with Gasteiger partial charge >= 0.3 is 0 Å². The molecule has 0 spiro atoms. The average molecular weight is 446 g/mol. The van der Waals surface area contributed by atoms with E-state index < -0.39 is 12.0 Å². The Balaban J connectivity index is 1.69.